The monoisotopic (exact) mass is 304 g/mol. The van der Waals surface area contributed by atoms with Crippen LogP contribution in [0.3, 0.4) is 0 Å². The van der Waals surface area contributed by atoms with Gasteiger partial charge >= 0.3 is 0 Å². The summed E-state index contributed by atoms with van der Waals surface area (Å²) in [5.41, 5.74) is 6.61. The van der Waals surface area contributed by atoms with Gasteiger partial charge in [-0.05, 0) is 44.0 Å². The molecule has 0 saturated heterocycles. The molecule has 0 amide bonds. The van der Waals surface area contributed by atoms with Crippen molar-refractivity contribution in [3.05, 3.63) is 42.5 Å². The Kier molecular flexibility index (Phi) is 9.60. The predicted octanol–water partition coefficient (Wildman–Crippen LogP) is 3.63. The number of ether oxygens (including phenoxy) is 1. The molecule has 1 aliphatic carbocycles. The summed E-state index contributed by atoms with van der Waals surface area (Å²) in [6.45, 7) is 8.93. The molecule has 1 saturated carbocycles. The number of nitrogens with zero attached hydrogens (tertiary/aromatic N) is 1. The number of nitrogens with two attached hydrogens (primary N) is 1. The molecule has 0 heterocycles. The summed E-state index contributed by atoms with van der Waals surface area (Å²) in [5.74, 6) is 0.929. The molecule has 3 nitrogen and oxygen atoms in total. The Balaban J connectivity index is 0.000000220. The maximum atomic E-state index is 5.43. The van der Waals surface area contributed by atoms with Crippen molar-refractivity contribution >= 4 is 0 Å². The highest BCUT2D eigenvalue weighted by atomic mass is 16.5. The molecule has 0 spiro atoms. The lowest BCUT2D eigenvalue weighted by Gasteiger charge is -2.25. The number of methoxy groups -OCH3 is 1. The second kappa shape index (κ2) is 11.3. The highest BCUT2D eigenvalue weighted by Crippen LogP contribution is 2.22. The highest BCUT2D eigenvalue weighted by molar-refractivity contribution is 5.33. The Morgan fingerprint density at radius 2 is 2.00 bits per heavy atom. The summed E-state index contributed by atoms with van der Waals surface area (Å²) in [5, 5.41) is 0. The lowest BCUT2D eigenvalue weighted by Crippen LogP contribution is -2.32. The number of likely N-dealkylation sites (N-methyl/N-ethyl adjacent to an activating group) is 1. The van der Waals surface area contributed by atoms with E-state index in [1.54, 1.807) is 7.11 Å². The molecule has 0 aliphatic heterocycles. The van der Waals surface area contributed by atoms with Crippen LogP contribution in [0.4, 0.5) is 0 Å². The van der Waals surface area contributed by atoms with Crippen LogP contribution in [-0.2, 0) is 6.42 Å². The van der Waals surface area contributed by atoms with E-state index in [1.165, 1.54) is 37.8 Å². The Labute approximate surface area is 136 Å². The van der Waals surface area contributed by atoms with Gasteiger partial charge in [0.2, 0.25) is 0 Å². The first-order chi connectivity index (χ1) is 10.8. The molecule has 1 aliphatic rings. The van der Waals surface area contributed by atoms with Crippen LogP contribution < -0.4 is 10.5 Å². The summed E-state index contributed by atoms with van der Waals surface area (Å²) >= 11 is 0. The van der Waals surface area contributed by atoms with Crippen LogP contribution >= 0.6 is 0 Å². The van der Waals surface area contributed by atoms with E-state index in [1.807, 2.05) is 30.3 Å². The van der Waals surface area contributed by atoms with E-state index >= 15 is 0 Å². The summed E-state index contributed by atoms with van der Waals surface area (Å²) in [6, 6.07) is 8.79. The zero-order chi connectivity index (χ0) is 16.2. The van der Waals surface area contributed by atoms with E-state index in [0.717, 1.165) is 24.8 Å². The fourth-order valence-corrected chi connectivity index (χ4v) is 3.04. The summed E-state index contributed by atoms with van der Waals surface area (Å²) in [4.78, 5) is 2.53. The van der Waals surface area contributed by atoms with Crippen LogP contribution in [0.5, 0.6) is 5.75 Å². The van der Waals surface area contributed by atoms with E-state index < -0.39 is 0 Å². The van der Waals surface area contributed by atoms with Crippen LogP contribution in [0.2, 0.25) is 0 Å². The molecule has 1 fully saturated rings. The van der Waals surface area contributed by atoms with E-state index in [0.29, 0.717) is 6.54 Å². The average Bonchev–Trinajstić information content (AvgIpc) is 3.08. The highest BCUT2D eigenvalue weighted by Gasteiger charge is 2.19. The zero-order valence-corrected chi connectivity index (χ0v) is 14.3. The second-order valence-electron chi connectivity index (χ2n) is 5.67. The second-order valence-corrected chi connectivity index (χ2v) is 5.67. The van der Waals surface area contributed by atoms with Crippen LogP contribution in [-0.4, -0.2) is 37.7 Å². The first-order valence-electron chi connectivity index (χ1n) is 8.43. The molecule has 2 rings (SSSR count). The Morgan fingerprint density at radius 3 is 2.55 bits per heavy atom. The number of hydrogen-bond donors (Lipinski definition) is 1. The van der Waals surface area contributed by atoms with Gasteiger partial charge in [-0.15, -0.1) is 6.58 Å². The topological polar surface area (TPSA) is 38.5 Å². The Hall–Kier alpha value is -1.32. The summed E-state index contributed by atoms with van der Waals surface area (Å²) in [6.07, 6.45) is 8.56. The first-order valence-corrected chi connectivity index (χ1v) is 8.43. The van der Waals surface area contributed by atoms with Crippen molar-refractivity contribution in [3.63, 3.8) is 0 Å². The third-order valence-corrected chi connectivity index (χ3v) is 4.22. The fourth-order valence-electron chi connectivity index (χ4n) is 3.04. The van der Waals surface area contributed by atoms with Crippen molar-refractivity contribution in [2.24, 2.45) is 5.73 Å². The minimum Gasteiger partial charge on any atom is -0.496 e. The minimum atomic E-state index is 0.667. The van der Waals surface area contributed by atoms with Gasteiger partial charge in [-0.25, -0.2) is 0 Å². The van der Waals surface area contributed by atoms with Gasteiger partial charge in [-0.2, -0.15) is 0 Å². The fraction of sp³-hybridized carbons (Fsp3) is 0.579. The Bertz CT molecular complexity index is 414. The molecule has 0 radical (unpaired) electrons. The van der Waals surface area contributed by atoms with Crippen molar-refractivity contribution in [2.45, 2.75) is 45.1 Å². The summed E-state index contributed by atoms with van der Waals surface area (Å²) < 4.78 is 5.14. The molecule has 1 aromatic rings. The van der Waals surface area contributed by atoms with E-state index in [-0.39, 0.29) is 0 Å². The molecule has 124 valence electrons. The molecule has 0 aromatic heterocycles. The van der Waals surface area contributed by atoms with Gasteiger partial charge in [0.15, 0.2) is 0 Å². The zero-order valence-electron chi connectivity index (χ0n) is 14.3. The first kappa shape index (κ1) is 18.7. The van der Waals surface area contributed by atoms with Crippen molar-refractivity contribution in [2.75, 3.05) is 26.7 Å². The van der Waals surface area contributed by atoms with Crippen LogP contribution in [0.1, 0.15) is 38.2 Å². The Morgan fingerprint density at radius 1 is 1.32 bits per heavy atom. The van der Waals surface area contributed by atoms with E-state index in [2.05, 4.69) is 18.4 Å². The van der Waals surface area contributed by atoms with Gasteiger partial charge in [0.25, 0.3) is 0 Å². The van der Waals surface area contributed by atoms with Crippen LogP contribution in [0, 0.1) is 0 Å². The number of rotatable bonds is 7. The smallest absolute Gasteiger partial charge is 0.122 e. The third kappa shape index (κ3) is 6.20. The SMILES string of the molecule is C=CCN(CC)C1CCCC1.COc1ccccc1CCN. The van der Waals surface area contributed by atoms with Crippen molar-refractivity contribution in [1.82, 2.24) is 4.90 Å². The van der Waals surface area contributed by atoms with Gasteiger partial charge < -0.3 is 10.5 Å². The molecular weight excluding hydrogens is 272 g/mol. The molecule has 0 bridgehead atoms. The van der Waals surface area contributed by atoms with Crippen molar-refractivity contribution in [3.8, 4) is 5.75 Å². The van der Waals surface area contributed by atoms with Gasteiger partial charge in [0, 0.05) is 12.6 Å². The molecule has 3 heteroatoms. The summed E-state index contributed by atoms with van der Waals surface area (Å²) in [7, 11) is 1.68. The van der Waals surface area contributed by atoms with E-state index in [9.17, 15) is 0 Å². The van der Waals surface area contributed by atoms with Gasteiger partial charge in [0.05, 0.1) is 7.11 Å². The molecule has 2 N–H and O–H groups in total. The van der Waals surface area contributed by atoms with Crippen LogP contribution in [0.15, 0.2) is 36.9 Å². The van der Waals surface area contributed by atoms with Gasteiger partial charge in [-0.3, -0.25) is 4.90 Å². The maximum Gasteiger partial charge on any atom is 0.122 e. The van der Waals surface area contributed by atoms with Crippen LogP contribution in [0.25, 0.3) is 0 Å². The predicted molar refractivity (Wildman–Crippen MR) is 95.5 cm³/mol. The molecule has 1 aromatic carbocycles. The van der Waals surface area contributed by atoms with Crippen molar-refractivity contribution in [1.29, 1.82) is 0 Å². The standard InChI is InChI=1S/C10H19N.C9H13NO/c1-3-9-11(4-2)10-7-5-6-8-10;1-11-9-5-3-2-4-8(9)6-7-10/h3,10H,1,4-9H2,2H3;2-5H,6-7,10H2,1H3. The van der Waals surface area contributed by atoms with Gasteiger partial charge in [-0.1, -0.05) is 44.0 Å². The average molecular weight is 304 g/mol. The molecule has 0 atom stereocenters. The lowest BCUT2D eigenvalue weighted by molar-refractivity contribution is 0.232. The van der Waals surface area contributed by atoms with Gasteiger partial charge in [0.1, 0.15) is 5.75 Å². The minimum absolute atomic E-state index is 0.667. The molecular formula is C19H32N2O. The number of benzene rings is 1. The maximum absolute atomic E-state index is 5.43. The number of para-hydroxylation sites is 1. The van der Waals surface area contributed by atoms with Crippen molar-refractivity contribution < 1.29 is 4.74 Å². The molecule has 22 heavy (non-hydrogen) atoms. The molecule has 0 unspecified atom stereocenters. The number of hydrogen-bond acceptors (Lipinski definition) is 3. The largest absolute Gasteiger partial charge is 0.496 e. The quantitative estimate of drug-likeness (QED) is 0.782. The lowest BCUT2D eigenvalue weighted by atomic mass is 10.1. The van der Waals surface area contributed by atoms with E-state index in [4.69, 9.17) is 10.5 Å². The normalized spacial score (nSPS) is 14.5. The third-order valence-electron chi connectivity index (χ3n) is 4.22.